The molecule has 0 amide bonds. The number of hydrogen-bond donors (Lipinski definition) is 0. The van der Waals surface area contributed by atoms with Gasteiger partial charge in [0.2, 0.25) is 11.8 Å². The summed E-state index contributed by atoms with van der Waals surface area (Å²) in [6.07, 6.45) is 2.78. The number of ether oxygens (including phenoxy) is 3. The molecule has 0 spiro atoms. The van der Waals surface area contributed by atoms with Crippen molar-refractivity contribution in [2.45, 2.75) is 26.2 Å². The number of nitrogens with zero attached hydrogens (tertiary/aromatic N) is 4. The van der Waals surface area contributed by atoms with Crippen LogP contribution in [-0.4, -0.2) is 41.5 Å². The molecule has 24 heavy (non-hydrogen) atoms. The maximum Gasteiger partial charge on any atom is 0.319 e. The summed E-state index contributed by atoms with van der Waals surface area (Å²) in [5.74, 6) is 2.74. The van der Waals surface area contributed by atoms with Gasteiger partial charge in [-0.2, -0.15) is 4.98 Å². The normalized spacial score (nSPS) is 19.2. The second kappa shape index (κ2) is 6.59. The fraction of sp³-hybridized carbons (Fsp3) is 0.529. The maximum absolute atomic E-state index is 5.40. The first-order valence-electron chi connectivity index (χ1n) is 7.96. The molecule has 0 radical (unpaired) electrons. The van der Waals surface area contributed by atoms with Crippen LogP contribution in [-0.2, 0) is 0 Å². The van der Waals surface area contributed by atoms with Crippen LogP contribution in [0.4, 0.5) is 0 Å². The molecular formula is C17H22N4O3. The molecule has 1 aliphatic carbocycles. The summed E-state index contributed by atoms with van der Waals surface area (Å²) < 4.78 is 15.8. The summed E-state index contributed by atoms with van der Waals surface area (Å²) in [4.78, 5) is 8.35. The molecule has 0 N–H and O–H groups in total. The Kier molecular flexibility index (Phi) is 4.51. The summed E-state index contributed by atoms with van der Waals surface area (Å²) in [5.41, 5.74) is 2.43. The quantitative estimate of drug-likeness (QED) is 0.805. The van der Waals surface area contributed by atoms with Gasteiger partial charge in [-0.3, -0.25) is 0 Å². The second-order valence-electron chi connectivity index (χ2n) is 6.22. The molecule has 1 saturated carbocycles. The van der Waals surface area contributed by atoms with Crippen LogP contribution in [0.15, 0.2) is 12.3 Å². The van der Waals surface area contributed by atoms with Crippen molar-refractivity contribution >= 4 is 0 Å². The molecule has 2 aromatic heterocycles. The molecule has 0 aliphatic heterocycles. The third kappa shape index (κ3) is 2.98. The van der Waals surface area contributed by atoms with E-state index in [-0.39, 0.29) is 6.01 Å². The van der Waals surface area contributed by atoms with Crippen molar-refractivity contribution in [3.05, 3.63) is 17.8 Å². The molecule has 1 fully saturated rings. The fourth-order valence-electron chi connectivity index (χ4n) is 3.04. The highest BCUT2D eigenvalue weighted by molar-refractivity contribution is 5.65. The number of methoxy groups -OCH3 is 3. The smallest absolute Gasteiger partial charge is 0.319 e. The molecular weight excluding hydrogens is 308 g/mol. The van der Waals surface area contributed by atoms with Crippen molar-refractivity contribution in [2.24, 2.45) is 11.8 Å². The molecule has 2 atom stereocenters. The molecule has 7 nitrogen and oxygen atoms in total. The van der Waals surface area contributed by atoms with E-state index in [9.17, 15) is 0 Å². The molecule has 2 aromatic rings. The zero-order valence-corrected chi connectivity index (χ0v) is 14.6. The Balaban J connectivity index is 2.01. The predicted octanol–water partition coefficient (Wildman–Crippen LogP) is 2.72. The third-order valence-electron chi connectivity index (χ3n) is 4.46. The SMILES string of the molecule is COc1ncc(-c2cc([C@H]3C[C@@H]3C(C)C)c(OC)nn2)c(OC)n1. The first-order chi connectivity index (χ1) is 11.6. The minimum absolute atomic E-state index is 0.249. The largest absolute Gasteiger partial charge is 0.480 e. The van der Waals surface area contributed by atoms with Gasteiger partial charge in [0.1, 0.15) is 5.69 Å². The standard InChI is InChI=1S/C17H22N4O3/c1-9(2)10-6-11(10)12-7-14(20-21-16(12)23-4)13-8-18-17(24-5)19-15(13)22-3/h7-11H,6H2,1-5H3/t10-,11+/m1/s1. The van der Waals surface area contributed by atoms with Gasteiger partial charge in [0, 0.05) is 11.8 Å². The summed E-state index contributed by atoms with van der Waals surface area (Å²) in [6, 6.07) is 2.26. The van der Waals surface area contributed by atoms with Gasteiger partial charge >= 0.3 is 6.01 Å². The van der Waals surface area contributed by atoms with Crippen molar-refractivity contribution in [3.8, 4) is 29.0 Å². The summed E-state index contributed by atoms with van der Waals surface area (Å²) in [5, 5.41) is 8.48. The molecule has 0 saturated heterocycles. The molecule has 7 heteroatoms. The summed E-state index contributed by atoms with van der Waals surface area (Å²) >= 11 is 0. The first-order valence-corrected chi connectivity index (χ1v) is 7.96. The van der Waals surface area contributed by atoms with Crippen LogP contribution < -0.4 is 14.2 Å². The zero-order chi connectivity index (χ0) is 17.3. The van der Waals surface area contributed by atoms with E-state index in [1.165, 1.54) is 7.11 Å². The second-order valence-corrected chi connectivity index (χ2v) is 6.22. The van der Waals surface area contributed by atoms with Crippen LogP contribution in [0.3, 0.4) is 0 Å². The zero-order valence-electron chi connectivity index (χ0n) is 14.6. The topological polar surface area (TPSA) is 79.2 Å². The van der Waals surface area contributed by atoms with Gasteiger partial charge in [-0.05, 0) is 30.2 Å². The average Bonchev–Trinajstić information content (AvgIpc) is 3.41. The van der Waals surface area contributed by atoms with Gasteiger partial charge in [-0.25, -0.2) is 4.98 Å². The Morgan fingerprint density at radius 2 is 1.79 bits per heavy atom. The molecule has 2 heterocycles. The molecule has 0 aromatic carbocycles. The minimum atomic E-state index is 0.249. The van der Waals surface area contributed by atoms with E-state index in [2.05, 4.69) is 34.0 Å². The Bertz CT molecular complexity index is 736. The average molecular weight is 330 g/mol. The van der Waals surface area contributed by atoms with Crippen molar-refractivity contribution in [2.75, 3.05) is 21.3 Å². The molecule has 128 valence electrons. The fourth-order valence-corrected chi connectivity index (χ4v) is 3.04. The molecule has 0 unspecified atom stereocenters. The highest BCUT2D eigenvalue weighted by atomic mass is 16.5. The molecule has 0 bridgehead atoms. The summed E-state index contributed by atoms with van der Waals surface area (Å²) in [7, 11) is 4.69. The van der Waals surface area contributed by atoms with E-state index in [0.717, 1.165) is 12.0 Å². The van der Waals surface area contributed by atoms with Gasteiger partial charge < -0.3 is 14.2 Å². The lowest BCUT2D eigenvalue weighted by atomic mass is 10.0. The first kappa shape index (κ1) is 16.4. The molecule has 3 rings (SSSR count). The summed E-state index contributed by atoms with van der Waals surface area (Å²) in [6.45, 7) is 4.49. The molecule has 1 aliphatic rings. The lowest BCUT2D eigenvalue weighted by molar-refractivity contribution is 0.353. The van der Waals surface area contributed by atoms with Gasteiger partial charge in [-0.15, -0.1) is 10.2 Å². The van der Waals surface area contributed by atoms with Crippen LogP contribution in [0.5, 0.6) is 17.8 Å². The van der Waals surface area contributed by atoms with E-state index in [1.807, 2.05) is 6.07 Å². The van der Waals surface area contributed by atoms with Crippen molar-refractivity contribution < 1.29 is 14.2 Å². The van der Waals surface area contributed by atoms with Crippen LogP contribution in [0, 0.1) is 11.8 Å². The van der Waals surface area contributed by atoms with Crippen LogP contribution >= 0.6 is 0 Å². The maximum atomic E-state index is 5.40. The Morgan fingerprint density at radius 1 is 1.04 bits per heavy atom. The van der Waals surface area contributed by atoms with Gasteiger partial charge in [0.15, 0.2) is 0 Å². The van der Waals surface area contributed by atoms with Crippen LogP contribution in [0.25, 0.3) is 11.3 Å². The van der Waals surface area contributed by atoms with Crippen molar-refractivity contribution in [3.63, 3.8) is 0 Å². The highest BCUT2D eigenvalue weighted by Crippen LogP contribution is 2.54. The van der Waals surface area contributed by atoms with Crippen LogP contribution in [0.2, 0.25) is 0 Å². The number of hydrogen-bond acceptors (Lipinski definition) is 7. The van der Waals surface area contributed by atoms with Gasteiger partial charge in [-0.1, -0.05) is 13.8 Å². The highest BCUT2D eigenvalue weighted by Gasteiger charge is 2.42. The van der Waals surface area contributed by atoms with Crippen molar-refractivity contribution in [1.29, 1.82) is 0 Å². The number of aromatic nitrogens is 4. The van der Waals surface area contributed by atoms with Gasteiger partial charge in [0.25, 0.3) is 0 Å². The lowest BCUT2D eigenvalue weighted by Crippen LogP contribution is -2.03. The third-order valence-corrected chi connectivity index (χ3v) is 4.46. The minimum Gasteiger partial charge on any atom is -0.480 e. The Labute approximate surface area is 141 Å². The van der Waals surface area contributed by atoms with E-state index in [0.29, 0.717) is 40.8 Å². The Hall–Kier alpha value is -2.44. The van der Waals surface area contributed by atoms with E-state index >= 15 is 0 Å². The van der Waals surface area contributed by atoms with E-state index in [1.54, 1.807) is 20.4 Å². The Morgan fingerprint density at radius 3 is 2.38 bits per heavy atom. The number of rotatable bonds is 6. The lowest BCUT2D eigenvalue weighted by Gasteiger charge is -2.11. The van der Waals surface area contributed by atoms with Crippen molar-refractivity contribution in [1.82, 2.24) is 20.2 Å². The monoisotopic (exact) mass is 330 g/mol. The van der Waals surface area contributed by atoms with Gasteiger partial charge in [0.05, 0.1) is 26.9 Å². The van der Waals surface area contributed by atoms with E-state index in [4.69, 9.17) is 14.2 Å². The predicted molar refractivity (Wildman–Crippen MR) is 88.4 cm³/mol. The van der Waals surface area contributed by atoms with E-state index < -0.39 is 0 Å². The van der Waals surface area contributed by atoms with Crippen LogP contribution in [0.1, 0.15) is 31.7 Å².